The minimum absolute atomic E-state index is 0.0193. The van der Waals surface area contributed by atoms with Gasteiger partial charge in [0.25, 0.3) is 5.97 Å². The molecule has 19 heteroatoms. The number of hydrogen-bond donors (Lipinski definition) is 6. The van der Waals surface area contributed by atoms with E-state index < -0.39 is 65.7 Å². The van der Waals surface area contributed by atoms with Gasteiger partial charge in [0.15, 0.2) is 0 Å². The Morgan fingerprint density at radius 3 is 2.12 bits per heavy atom. The Hall–Kier alpha value is -7.15. The number of carbonyl (C=O) groups is 8. The molecule has 5 atom stereocenters. The number of imide groups is 1. The Morgan fingerprint density at radius 1 is 0.836 bits per heavy atom. The van der Waals surface area contributed by atoms with Crippen LogP contribution in [0.1, 0.15) is 99.9 Å². The van der Waals surface area contributed by atoms with Crippen molar-refractivity contribution in [1.82, 2.24) is 34.9 Å². The lowest BCUT2D eigenvalue weighted by Crippen LogP contribution is -2.60. The molecule has 19 nitrogen and oxygen atoms in total. The number of nitrogens with one attached hydrogen (secondary N) is 3. The van der Waals surface area contributed by atoms with Crippen LogP contribution in [0.15, 0.2) is 83.7 Å². The van der Waals surface area contributed by atoms with Gasteiger partial charge >= 0.3 is 5.69 Å². The van der Waals surface area contributed by atoms with Gasteiger partial charge in [-0.15, -0.1) is 0 Å². The van der Waals surface area contributed by atoms with E-state index >= 15 is 0 Å². The second-order valence-corrected chi connectivity index (χ2v) is 17.2. The number of carboxylic acids is 1. The molecule has 3 saturated heterocycles. The zero-order chi connectivity index (χ0) is 48.4. The first-order valence-corrected chi connectivity index (χ1v) is 22.6. The van der Waals surface area contributed by atoms with Crippen LogP contribution in [-0.4, -0.2) is 109 Å². The molecule has 4 heterocycles. The molecular weight excluding hydrogens is 863 g/mol. The van der Waals surface area contributed by atoms with Gasteiger partial charge in [0, 0.05) is 52.4 Å². The summed E-state index contributed by atoms with van der Waals surface area (Å²) in [6.07, 6.45) is 3.42. The van der Waals surface area contributed by atoms with Crippen LogP contribution in [-0.2, 0) is 51.8 Å². The van der Waals surface area contributed by atoms with Crippen LogP contribution in [0.3, 0.4) is 0 Å². The zero-order valence-electron chi connectivity index (χ0n) is 37.7. The molecule has 356 valence electrons. The van der Waals surface area contributed by atoms with E-state index in [1.54, 1.807) is 18.0 Å². The molecule has 0 bridgehead atoms. The molecule has 7 amide bonds. The van der Waals surface area contributed by atoms with E-state index in [1.807, 2.05) is 72.8 Å². The fourth-order valence-electron chi connectivity index (χ4n) is 9.30. The molecule has 0 radical (unpaired) electrons. The Labute approximate surface area is 387 Å². The monoisotopic (exact) mass is 921 g/mol. The van der Waals surface area contributed by atoms with Crippen molar-refractivity contribution < 1.29 is 43.5 Å². The third-order valence-electron chi connectivity index (χ3n) is 12.5. The number of fused-ring (bicyclic) bond motifs is 2. The average Bonchev–Trinajstić information content (AvgIpc) is 3.84. The van der Waals surface area contributed by atoms with Crippen LogP contribution in [0.4, 0.5) is 0 Å². The molecule has 4 aromatic rings. The minimum Gasteiger partial charge on any atom is -0.481 e. The normalized spacial score (nSPS) is 19.9. The fraction of sp³-hybridized carbons (Fsp3) is 0.438. The number of amides is 7. The van der Waals surface area contributed by atoms with Crippen LogP contribution in [0.2, 0.25) is 0 Å². The quantitative estimate of drug-likeness (QED) is 0.0738. The van der Waals surface area contributed by atoms with Crippen molar-refractivity contribution in [1.29, 1.82) is 0 Å². The van der Waals surface area contributed by atoms with E-state index in [0.717, 1.165) is 23.6 Å². The number of unbranched alkanes of at least 4 members (excludes halogenated alkanes) is 1. The molecule has 7 rings (SSSR count). The summed E-state index contributed by atoms with van der Waals surface area (Å²) in [6, 6.07) is 19.5. The molecule has 3 aromatic carbocycles. The summed E-state index contributed by atoms with van der Waals surface area (Å²) < 4.78 is 2.97. The van der Waals surface area contributed by atoms with E-state index in [9.17, 15) is 38.4 Å². The third kappa shape index (κ3) is 12.0. The number of aryl methyl sites for hydroxylation is 2. The van der Waals surface area contributed by atoms with Crippen molar-refractivity contribution in [3.63, 3.8) is 0 Å². The number of rotatable bonds is 15. The van der Waals surface area contributed by atoms with Crippen LogP contribution in [0.25, 0.3) is 11.0 Å². The van der Waals surface area contributed by atoms with E-state index in [-0.39, 0.29) is 62.2 Å². The van der Waals surface area contributed by atoms with Gasteiger partial charge in [-0.2, -0.15) is 0 Å². The van der Waals surface area contributed by atoms with E-state index in [1.165, 1.54) is 14.0 Å². The number of benzene rings is 3. The molecule has 0 spiro atoms. The fourth-order valence-corrected chi connectivity index (χ4v) is 9.30. The summed E-state index contributed by atoms with van der Waals surface area (Å²) in [7, 11) is 1.66. The van der Waals surface area contributed by atoms with Crippen molar-refractivity contribution >= 4 is 58.4 Å². The topological polar surface area (TPSA) is 278 Å². The minimum atomic E-state index is -1.12. The average molecular weight is 922 g/mol. The Bertz CT molecular complexity index is 2500. The van der Waals surface area contributed by atoms with Crippen LogP contribution >= 0.6 is 0 Å². The van der Waals surface area contributed by atoms with Gasteiger partial charge in [-0.3, -0.25) is 52.8 Å². The summed E-state index contributed by atoms with van der Waals surface area (Å²) in [5.74, 6) is -3.94. The Morgan fingerprint density at radius 2 is 1.49 bits per heavy atom. The first-order chi connectivity index (χ1) is 32.0. The molecular formula is C48H59N9O10. The molecule has 0 saturated carbocycles. The van der Waals surface area contributed by atoms with Gasteiger partial charge in [-0.25, -0.2) is 4.79 Å². The molecule has 8 N–H and O–H groups in total. The molecule has 67 heavy (non-hydrogen) atoms. The van der Waals surface area contributed by atoms with Gasteiger partial charge in [-0.05, 0) is 74.1 Å². The lowest BCUT2D eigenvalue weighted by Gasteiger charge is -2.37. The highest BCUT2D eigenvalue weighted by Crippen LogP contribution is 2.31. The van der Waals surface area contributed by atoms with Crippen molar-refractivity contribution in [3.8, 4) is 0 Å². The number of aliphatic carboxylic acids is 1. The third-order valence-corrected chi connectivity index (χ3v) is 12.5. The maximum atomic E-state index is 14.0. The standard InChI is InChI=1S/C46H55N9O8.C2H4O2/c1-52-41-30(16-10-17-34(41)55(46(52)63)36-22-24-38(57)50-44(36)61)15-8-9-18-39(58)53-26-25-31-19-21-35(54(31)45(62)32(47)27-53)43(60)49-33(20-23-37(48)56)42(59)51-40(28-11-4-2-5-12-28)29-13-6-3-7-14-29;1-2(3)4/h2-7,10-14,16-17,31-33,35-36,40H,8-9,15,18-27,47H2,1H3,(H2,48,56)(H,49,60)(H,51,59)(H,50,57,61);1H3,(H,3,4)/t31-,32+,33+,35+,36?;/m1./s1. The zero-order valence-corrected chi connectivity index (χ0v) is 37.7. The highest BCUT2D eigenvalue weighted by atomic mass is 16.4. The van der Waals surface area contributed by atoms with Crippen molar-refractivity contribution in [3.05, 3.63) is 106 Å². The van der Waals surface area contributed by atoms with Crippen LogP contribution in [0, 0.1) is 0 Å². The second-order valence-electron chi connectivity index (χ2n) is 17.2. The lowest BCUT2D eigenvalue weighted by molar-refractivity contribution is -0.145. The SMILES string of the molecule is CC(=O)O.Cn1c(=O)n(C2CCC(=O)NC2=O)c2cccc(CCCCC(=O)N3CC[C@H]4CC[C@@H](C(=O)N[C@@H](CCC(N)=O)C(=O)NC(c5ccccc5)c5ccccc5)N4C(=O)[C@@H](N)C3)c21. The first-order valence-electron chi connectivity index (χ1n) is 22.6. The van der Waals surface area contributed by atoms with Gasteiger partial charge in [0.1, 0.15) is 24.2 Å². The lowest BCUT2D eigenvalue weighted by atomic mass is 9.98. The van der Waals surface area contributed by atoms with Gasteiger partial charge in [0.05, 0.1) is 17.1 Å². The van der Waals surface area contributed by atoms with E-state index in [2.05, 4.69) is 16.0 Å². The second kappa shape index (κ2) is 22.4. The molecule has 3 aliphatic rings. The highest BCUT2D eigenvalue weighted by Gasteiger charge is 2.45. The number of piperidine rings is 1. The number of hydrogen-bond acceptors (Lipinski definition) is 10. The van der Waals surface area contributed by atoms with Crippen molar-refractivity contribution in [2.45, 2.75) is 114 Å². The number of primary amides is 1. The Kier molecular flexibility index (Phi) is 16.4. The largest absolute Gasteiger partial charge is 0.481 e. The number of carbonyl (C=O) groups excluding carboxylic acids is 7. The van der Waals surface area contributed by atoms with E-state index in [4.69, 9.17) is 21.4 Å². The Balaban J connectivity index is 0.00000178. The van der Waals surface area contributed by atoms with Gasteiger partial charge < -0.3 is 37.0 Å². The predicted octanol–water partition coefficient (Wildman–Crippen LogP) is 1.70. The maximum Gasteiger partial charge on any atom is 0.329 e. The maximum absolute atomic E-state index is 14.0. The first kappa shape index (κ1) is 49.3. The van der Waals surface area contributed by atoms with Gasteiger partial charge in [-0.1, -0.05) is 72.8 Å². The molecule has 0 aliphatic carbocycles. The van der Waals surface area contributed by atoms with Crippen molar-refractivity contribution in [2.75, 3.05) is 13.1 Å². The smallest absolute Gasteiger partial charge is 0.329 e. The number of nitrogens with zero attached hydrogens (tertiary/aromatic N) is 4. The molecule has 1 aromatic heterocycles. The van der Waals surface area contributed by atoms with E-state index in [0.29, 0.717) is 56.1 Å². The number of para-hydroxylation sites is 1. The summed E-state index contributed by atoms with van der Waals surface area (Å²) in [6.45, 7) is 1.41. The summed E-state index contributed by atoms with van der Waals surface area (Å²) >= 11 is 0. The number of imidazole rings is 1. The van der Waals surface area contributed by atoms with Crippen LogP contribution in [0.5, 0.6) is 0 Å². The number of carboxylic acid groups (broad SMARTS) is 1. The summed E-state index contributed by atoms with van der Waals surface area (Å²) in [5.41, 5.74) is 15.4. The molecule has 3 fully saturated rings. The number of aromatic nitrogens is 2. The highest BCUT2D eigenvalue weighted by molar-refractivity contribution is 6.00. The predicted molar refractivity (Wildman–Crippen MR) is 246 cm³/mol. The molecule has 3 aliphatic heterocycles. The van der Waals surface area contributed by atoms with Crippen LogP contribution < -0.4 is 33.1 Å². The van der Waals surface area contributed by atoms with Crippen molar-refractivity contribution in [2.24, 2.45) is 18.5 Å². The summed E-state index contributed by atoms with van der Waals surface area (Å²) in [5, 5.41) is 15.6. The van der Waals surface area contributed by atoms with Gasteiger partial charge in [0.2, 0.25) is 41.4 Å². The number of nitrogens with two attached hydrogens (primary N) is 2. The molecule has 1 unspecified atom stereocenters. The summed E-state index contributed by atoms with van der Waals surface area (Å²) in [4.78, 5) is 117.